The van der Waals surface area contributed by atoms with E-state index in [0.717, 1.165) is 22.6 Å². The van der Waals surface area contributed by atoms with Crippen molar-refractivity contribution in [2.45, 2.75) is 6.92 Å². The predicted molar refractivity (Wildman–Crippen MR) is 107 cm³/mol. The molecule has 2 aromatic carbocycles. The van der Waals surface area contributed by atoms with Gasteiger partial charge in [-0.3, -0.25) is 9.59 Å². The van der Waals surface area contributed by atoms with Crippen LogP contribution in [0.5, 0.6) is 0 Å². The molecular weight excluding hydrogens is 410 g/mol. The molecule has 3 N–H and O–H groups in total. The maximum Gasteiger partial charge on any atom is 0.257 e. The van der Waals surface area contributed by atoms with Gasteiger partial charge in [-0.2, -0.15) is 0 Å². The highest BCUT2D eigenvalue weighted by atomic mass is 35.5. The summed E-state index contributed by atoms with van der Waals surface area (Å²) in [6.07, 6.45) is 0. The van der Waals surface area contributed by atoms with E-state index in [1.165, 1.54) is 11.3 Å². The van der Waals surface area contributed by atoms with Crippen LogP contribution in [0.1, 0.15) is 25.6 Å². The molecule has 0 atom stereocenters. The average Bonchev–Trinajstić information content (AvgIpc) is 2.94. The summed E-state index contributed by atoms with van der Waals surface area (Å²) in [5.74, 6) is -2.12. The summed E-state index contributed by atoms with van der Waals surface area (Å²) < 4.78 is 13.7. The van der Waals surface area contributed by atoms with E-state index in [1.54, 1.807) is 0 Å². The van der Waals surface area contributed by atoms with E-state index < -0.39 is 17.6 Å². The summed E-state index contributed by atoms with van der Waals surface area (Å²) in [6.45, 7) is 1.82. The Hall–Kier alpha value is -2.41. The zero-order valence-corrected chi connectivity index (χ0v) is 16.3. The first-order valence-corrected chi connectivity index (χ1v) is 9.31. The fraction of sp³-hybridized carbons (Fsp3) is 0.0526. The van der Waals surface area contributed by atoms with Crippen LogP contribution in [0, 0.1) is 12.7 Å². The molecule has 1 heterocycles. The SMILES string of the molecule is Cc1sc(NC(=O)c2cc(F)c(Cl)cc2Cl)c(C(N)=O)c1-c1ccccc1. The molecule has 0 unspecified atom stereocenters. The van der Waals surface area contributed by atoms with Crippen LogP contribution in [0.4, 0.5) is 9.39 Å². The van der Waals surface area contributed by atoms with Gasteiger partial charge in [0, 0.05) is 10.4 Å². The number of hydrogen-bond donors (Lipinski definition) is 2. The molecule has 0 bridgehead atoms. The monoisotopic (exact) mass is 422 g/mol. The summed E-state index contributed by atoms with van der Waals surface area (Å²) in [4.78, 5) is 25.5. The van der Waals surface area contributed by atoms with Gasteiger partial charge in [0.25, 0.3) is 11.8 Å². The van der Waals surface area contributed by atoms with Gasteiger partial charge in [0.05, 0.1) is 21.2 Å². The third-order valence-electron chi connectivity index (χ3n) is 3.87. The highest BCUT2D eigenvalue weighted by Crippen LogP contribution is 2.40. The van der Waals surface area contributed by atoms with Crippen LogP contribution in [-0.4, -0.2) is 11.8 Å². The van der Waals surface area contributed by atoms with Gasteiger partial charge in [0.2, 0.25) is 0 Å². The minimum Gasteiger partial charge on any atom is -0.365 e. The van der Waals surface area contributed by atoms with Crippen molar-refractivity contribution >= 4 is 51.4 Å². The molecule has 3 aromatic rings. The first-order valence-electron chi connectivity index (χ1n) is 7.74. The number of primary amides is 1. The van der Waals surface area contributed by atoms with Crippen molar-refractivity contribution in [3.63, 3.8) is 0 Å². The largest absolute Gasteiger partial charge is 0.365 e. The Morgan fingerprint density at radius 1 is 1.11 bits per heavy atom. The van der Waals surface area contributed by atoms with Gasteiger partial charge in [0.1, 0.15) is 10.8 Å². The maximum atomic E-state index is 13.7. The van der Waals surface area contributed by atoms with E-state index in [9.17, 15) is 14.0 Å². The van der Waals surface area contributed by atoms with Crippen LogP contribution < -0.4 is 11.1 Å². The molecule has 0 aliphatic rings. The number of carbonyl (C=O) groups is 2. The molecule has 0 aliphatic carbocycles. The lowest BCUT2D eigenvalue weighted by Crippen LogP contribution is -2.17. The second-order valence-corrected chi connectivity index (χ2v) is 7.71. The summed E-state index contributed by atoms with van der Waals surface area (Å²) in [7, 11) is 0. The predicted octanol–water partition coefficient (Wildman–Crippen LogP) is 5.52. The molecular formula is C19H13Cl2FN2O2S. The lowest BCUT2D eigenvalue weighted by Gasteiger charge is -2.08. The lowest BCUT2D eigenvalue weighted by molar-refractivity contribution is 0.100. The van der Waals surface area contributed by atoms with Crippen molar-refractivity contribution in [3.05, 3.63) is 74.3 Å². The van der Waals surface area contributed by atoms with Gasteiger partial charge in [-0.25, -0.2) is 4.39 Å². The maximum absolute atomic E-state index is 13.7. The van der Waals surface area contributed by atoms with Crippen LogP contribution in [0.2, 0.25) is 10.0 Å². The minimum atomic E-state index is -0.770. The number of aryl methyl sites for hydroxylation is 1. The smallest absolute Gasteiger partial charge is 0.257 e. The van der Waals surface area contributed by atoms with E-state index in [-0.39, 0.29) is 26.2 Å². The lowest BCUT2D eigenvalue weighted by atomic mass is 10.0. The van der Waals surface area contributed by atoms with Crippen molar-refractivity contribution in [1.29, 1.82) is 0 Å². The number of benzene rings is 2. The Labute approximate surface area is 168 Å². The minimum absolute atomic E-state index is 0.00362. The third-order valence-corrected chi connectivity index (χ3v) is 5.50. The molecule has 8 heteroatoms. The first-order chi connectivity index (χ1) is 12.8. The molecule has 0 radical (unpaired) electrons. The van der Waals surface area contributed by atoms with Crippen LogP contribution in [0.3, 0.4) is 0 Å². The number of carbonyl (C=O) groups excluding carboxylic acids is 2. The van der Waals surface area contributed by atoms with Gasteiger partial charge in [-0.1, -0.05) is 53.5 Å². The van der Waals surface area contributed by atoms with E-state index in [2.05, 4.69) is 5.32 Å². The normalized spacial score (nSPS) is 10.7. The van der Waals surface area contributed by atoms with Gasteiger partial charge in [0.15, 0.2) is 0 Å². The summed E-state index contributed by atoms with van der Waals surface area (Å²) in [5.41, 5.74) is 7.12. The quantitative estimate of drug-likeness (QED) is 0.543. The molecule has 0 saturated carbocycles. The Balaban J connectivity index is 2.05. The van der Waals surface area contributed by atoms with Gasteiger partial charge in [-0.15, -0.1) is 11.3 Å². The molecule has 0 spiro atoms. The molecule has 27 heavy (non-hydrogen) atoms. The molecule has 3 rings (SSSR count). The van der Waals surface area contributed by atoms with Crippen molar-refractivity contribution < 1.29 is 14.0 Å². The van der Waals surface area contributed by atoms with E-state index in [1.807, 2.05) is 37.3 Å². The van der Waals surface area contributed by atoms with Gasteiger partial charge < -0.3 is 11.1 Å². The van der Waals surface area contributed by atoms with Crippen molar-refractivity contribution in [2.24, 2.45) is 5.73 Å². The first kappa shape index (κ1) is 19.4. The number of thiophene rings is 1. The Kier molecular flexibility index (Phi) is 5.51. The fourth-order valence-corrected chi connectivity index (χ4v) is 4.23. The number of anilines is 1. The third kappa shape index (κ3) is 3.83. The number of amides is 2. The highest BCUT2D eigenvalue weighted by molar-refractivity contribution is 7.17. The molecule has 138 valence electrons. The van der Waals surface area contributed by atoms with Crippen molar-refractivity contribution in [2.75, 3.05) is 5.32 Å². The van der Waals surface area contributed by atoms with Crippen LogP contribution >= 0.6 is 34.5 Å². The van der Waals surface area contributed by atoms with E-state index in [0.29, 0.717) is 5.56 Å². The Morgan fingerprint density at radius 2 is 1.78 bits per heavy atom. The van der Waals surface area contributed by atoms with Crippen LogP contribution in [-0.2, 0) is 0 Å². The number of hydrogen-bond acceptors (Lipinski definition) is 3. The molecule has 1 aromatic heterocycles. The summed E-state index contributed by atoms with van der Waals surface area (Å²) in [6, 6.07) is 11.3. The van der Waals surface area contributed by atoms with Crippen LogP contribution in [0.15, 0.2) is 42.5 Å². The van der Waals surface area contributed by atoms with E-state index in [4.69, 9.17) is 28.9 Å². The van der Waals surface area contributed by atoms with Crippen molar-refractivity contribution in [1.82, 2.24) is 0 Å². The van der Waals surface area contributed by atoms with E-state index >= 15 is 0 Å². The number of nitrogens with two attached hydrogens (primary N) is 1. The number of halogens is 3. The Morgan fingerprint density at radius 3 is 2.41 bits per heavy atom. The number of rotatable bonds is 4. The van der Waals surface area contributed by atoms with Gasteiger partial charge >= 0.3 is 0 Å². The fourth-order valence-electron chi connectivity index (χ4n) is 2.69. The second-order valence-electron chi connectivity index (χ2n) is 5.67. The topological polar surface area (TPSA) is 72.2 Å². The standard InChI is InChI=1S/C19H13Cl2FN2O2S/c1-9-15(10-5-3-2-4-6-10)16(17(23)25)19(27-9)24-18(26)11-7-14(22)13(21)8-12(11)20/h2-8H,1H3,(H2,23,25)(H,24,26). The average molecular weight is 423 g/mol. The molecule has 4 nitrogen and oxygen atoms in total. The molecule has 0 aliphatic heterocycles. The summed E-state index contributed by atoms with van der Waals surface area (Å²) >= 11 is 12.9. The number of nitrogens with one attached hydrogen (secondary N) is 1. The Bertz CT molecular complexity index is 1050. The molecule has 2 amide bonds. The van der Waals surface area contributed by atoms with Gasteiger partial charge in [-0.05, 0) is 24.6 Å². The second kappa shape index (κ2) is 7.68. The highest BCUT2D eigenvalue weighted by Gasteiger charge is 2.24. The summed E-state index contributed by atoms with van der Waals surface area (Å²) in [5, 5.41) is 2.69. The zero-order valence-electron chi connectivity index (χ0n) is 14.0. The molecule has 0 fully saturated rings. The van der Waals surface area contributed by atoms with Crippen LogP contribution in [0.25, 0.3) is 11.1 Å². The molecule has 0 saturated heterocycles. The van der Waals surface area contributed by atoms with Crippen molar-refractivity contribution in [3.8, 4) is 11.1 Å². The zero-order chi connectivity index (χ0) is 19.7.